The molecule has 1 fully saturated rings. The lowest BCUT2D eigenvalue weighted by molar-refractivity contribution is -0.121. The average molecular weight is 198 g/mol. The van der Waals surface area contributed by atoms with Crippen molar-refractivity contribution in [3.8, 4) is 0 Å². The summed E-state index contributed by atoms with van der Waals surface area (Å²) in [7, 11) is 0. The van der Waals surface area contributed by atoms with Gasteiger partial charge in [-0.15, -0.1) is 0 Å². The molecule has 14 heavy (non-hydrogen) atoms. The van der Waals surface area contributed by atoms with Crippen LogP contribution < -0.4 is 10.6 Å². The van der Waals surface area contributed by atoms with Gasteiger partial charge in [0.2, 0.25) is 5.91 Å². The molecular weight excluding hydrogens is 176 g/mol. The monoisotopic (exact) mass is 198 g/mol. The van der Waals surface area contributed by atoms with Crippen molar-refractivity contribution in [1.29, 1.82) is 0 Å². The van der Waals surface area contributed by atoms with Crippen LogP contribution in [0.4, 0.5) is 0 Å². The summed E-state index contributed by atoms with van der Waals surface area (Å²) in [5.41, 5.74) is 0. The van der Waals surface area contributed by atoms with Crippen molar-refractivity contribution in [2.45, 2.75) is 39.0 Å². The van der Waals surface area contributed by atoms with Gasteiger partial charge in [0.1, 0.15) is 0 Å². The summed E-state index contributed by atoms with van der Waals surface area (Å²) in [5, 5.41) is 6.10. The molecule has 1 saturated carbocycles. The molecule has 0 aromatic rings. The fourth-order valence-corrected chi connectivity index (χ4v) is 1.66. The first kappa shape index (κ1) is 11.5. The van der Waals surface area contributed by atoms with Gasteiger partial charge in [-0.05, 0) is 18.9 Å². The van der Waals surface area contributed by atoms with Crippen molar-refractivity contribution in [3.05, 3.63) is 0 Å². The third-order valence-electron chi connectivity index (χ3n) is 2.88. The number of nitrogens with one attached hydrogen (secondary N) is 2. The summed E-state index contributed by atoms with van der Waals surface area (Å²) in [6.07, 6.45) is 5.91. The Hall–Kier alpha value is -0.570. The van der Waals surface area contributed by atoms with E-state index in [2.05, 4.69) is 17.6 Å². The van der Waals surface area contributed by atoms with Crippen molar-refractivity contribution < 1.29 is 4.79 Å². The van der Waals surface area contributed by atoms with E-state index in [4.69, 9.17) is 0 Å². The predicted octanol–water partition coefficient (Wildman–Crippen LogP) is 1.29. The molecule has 1 aliphatic carbocycles. The maximum absolute atomic E-state index is 11.3. The van der Waals surface area contributed by atoms with Crippen LogP contribution in [-0.4, -0.2) is 25.5 Å². The van der Waals surface area contributed by atoms with Crippen LogP contribution in [0.3, 0.4) is 0 Å². The molecule has 0 spiro atoms. The van der Waals surface area contributed by atoms with Crippen molar-refractivity contribution in [2.75, 3.05) is 19.6 Å². The van der Waals surface area contributed by atoms with Crippen LogP contribution in [0.5, 0.6) is 0 Å². The summed E-state index contributed by atoms with van der Waals surface area (Å²) in [6, 6.07) is 0. The van der Waals surface area contributed by atoms with Crippen LogP contribution in [0.1, 0.15) is 39.0 Å². The Bertz CT molecular complexity index is 167. The molecule has 0 aliphatic heterocycles. The van der Waals surface area contributed by atoms with Crippen LogP contribution in [-0.2, 0) is 4.79 Å². The highest BCUT2D eigenvalue weighted by Crippen LogP contribution is 2.28. The van der Waals surface area contributed by atoms with Crippen LogP contribution in [0, 0.1) is 5.92 Å². The molecule has 1 aliphatic rings. The highest BCUT2D eigenvalue weighted by Gasteiger charge is 2.16. The van der Waals surface area contributed by atoms with Gasteiger partial charge in [0.15, 0.2) is 0 Å². The molecule has 0 aromatic carbocycles. The molecule has 3 nitrogen and oxygen atoms in total. The maximum atomic E-state index is 11.3. The van der Waals surface area contributed by atoms with Gasteiger partial charge in [-0.2, -0.15) is 0 Å². The third-order valence-corrected chi connectivity index (χ3v) is 2.88. The standard InChI is InChI=1S/C11H22N2O/c1-2-12-8-7-11(14)13-9-6-10-4-3-5-10/h10,12H,2-9H2,1H3,(H,13,14). The number of hydrogen-bond acceptors (Lipinski definition) is 2. The zero-order chi connectivity index (χ0) is 10.2. The molecule has 0 radical (unpaired) electrons. The van der Waals surface area contributed by atoms with Crippen LogP contribution in [0.25, 0.3) is 0 Å². The van der Waals surface area contributed by atoms with E-state index in [1.54, 1.807) is 0 Å². The summed E-state index contributed by atoms with van der Waals surface area (Å²) in [5.74, 6) is 1.08. The van der Waals surface area contributed by atoms with E-state index in [9.17, 15) is 4.79 Å². The minimum Gasteiger partial charge on any atom is -0.356 e. The second-order valence-corrected chi connectivity index (χ2v) is 4.04. The van der Waals surface area contributed by atoms with E-state index < -0.39 is 0 Å². The van der Waals surface area contributed by atoms with E-state index >= 15 is 0 Å². The minimum absolute atomic E-state index is 0.185. The Morgan fingerprint density at radius 3 is 2.71 bits per heavy atom. The van der Waals surface area contributed by atoms with Crippen LogP contribution in [0.15, 0.2) is 0 Å². The molecular formula is C11H22N2O. The first-order valence-electron chi connectivity index (χ1n) is 5.80. The van der Waals surface area contributed by atoms with E-state index in [1.165, 1.54) is 25.7 Å². The van der Waals surface area contributed by atoms with Gasteiger partial charge in [0.05, 0.1) is 0 Å². The third kappa shape index (κ3) is 4.61. The average Bonchev–Trinajstić information content (AvgIpc) is 2.10. The quantitative estimate of drug-likeness (QED) is 0.605. The lowest BCUT2D eigenvalue weighted by atomic mass is 9.83. The Labute approximate surface area is 86.6 Å². The second kappa shape index (κ2) is 6.82. The van der Waals surface area contributed by atoms with Crippen molar-refractivity contribution in [2.24, 2.45) is 5.92 Å². The summed E-state index contributed by atoms with van der Waals surface area (Å²) in [6.45, 7) is 4.66. The number of hydrogen-bond donors (Lipinski definition) is 2. The van der Waals surface area contributed by atoms with Crippen LogP contribution in [0.2, 0.25) is 0 Å². The van der Waals surface area contributed by atoms with Crippen LogP contribution >= 0.6 is 0 Å². The topological polar surface area (TPSA) is 41.1 Å². The highest BCUT2D eigenvalue weighted by molar-refractivity contribution is 5.75. The van der Waals surface area contributed by atoms with Gasteiger partial charge >= 0.3 is 0 Å². The van der Waals surface area contributed by atoms with E-state index in [0.717, 1.165) is 25.6 Å². The fourth-order valence-electron chi connectivity index (χ4n) is 1.66. The molecule has 2 N–H and O–H groups in total. The zero-order valence-electron chi connectivity index (χ0n) is 9.14. The molecule has 0 heterocycles. The van der Waals surface area contributed by atoms with Gasteiger partial charge in [-0.25, -0.2) is 0 Å². The highest BCUT2D eigenvalue weighted by atomic mass is 16.1. The summed E-state index contributed by atoms with van der Waals surface area (Å²) >= 11 is 0. The molecule has 0 aromatic heterocycles. The summed E-state index contributed by atoms with van der Waals surface area (Å²) in [4.78, 5) is 11.3. The Kier molecular flexibility index (Phi) is 5.60. The molecule has 0 saturated heterocycles. The van der Waals surface area contributed by atoms with Gasteiger partial charge in [0.25, 0.3) is 0 Å². The second-order valence-electron chi connectivity index (χ2n) is 4.04. The van der Waals surface area contributed by atoms with Gasteiger partial charge in [-0.1, -0.05) is 26.2 Å². The van der Waals surface area contributed by atoms with Gasteiger partial charge < -0.3 is 10.6 Å². The number of carbonyl (C=O) groups is 1. The Morgan fingerprint density at radius 1 is 1.36 bits per heavy atom. The van der Waals surface area contributed by atoms with E-state index in [-0.39, 0.29) is 5.91 Å². The molecule has 0 atom stereocenters. The smallest absolute Gasteiger partial charge is 0.221 e. The predicted molar refractivity (Wildman–Crippen MR) is 58.1 cm³/mol. The maximum Gasteiger partial charge on any atom is 0.221 e. The number of amides is 1. The molecule has 0 bridgehead atoms. The first-order chi connectivity index (χ1) is 6.83. The lowest BCUT2D eigenvalue weighted by Gasteiger charge is -2.25. The number of carbonyl (C=O) groups excluding carboxylic acids is 1. The van der Waals surface area contributed by atoms with Gasteiger partial charge in [0, 0.05) is 19.5 Å². The molecule has 1 rings (SSSR count). The van der Waals surface area contributed by atoms with E-state index in [1.807, 2.05) is 0 Å². The first-order valence-corrected chi connectivity index (χ1v) is 5.80. The minimum atomic E-state index is 0.185. The SMILES string of the molecule is CCNCCC(=O)NCCC1CCC1. The molecule has 3 heteroatoms. The van der Waals surface area contributed by atoms with Crippen molar-refractivity contribution in [1.82, 2.24) is 10.6 Å². The number of rotatable bonds is 7. The largest absolute Gasteiger partial charge is 0.356 e. The van der Waals surface area contributed by atoms with Gasteiger partial charge in [-0.3, -0.25) is 4.79 Å². The van der Waals surface area contributed by atoms with Crippen molar-refractivity contribution in [3.63, 3.8) is 0 Å². The zero-order valence-corrected chi connectivity index (χ0v) is 9.14. The lowest BCUT2D eigenvalue weighted by Crippen LogP contribution is -2.30. The normalized spacial score (nSPS) is 16.4. The Morgan fingerprint density at radius 2 is 2.14 bits per heavy atom. The molecule has 1 amide bonds. The molecule has 82 valence electrons. The Balaban J connectivity index is 1.86. The molecule has 0 unspecified atom stereocenters. The van der Waals surface area contributed by atoms with Crippen molar-refractivity contribution >= 4 is 5.91 Å². The summed E-state index contributed by atoms with van der Waals surface area (Å²) < 4.78 is 0. The van der Waals surface area contributed by atoms with E-state index in [0.29, 0.717) is 6.42 Å². The fraction of sp³-hybridized carbons (Fsp3) is 0.909.